The summed E-state index contributed by atoms with van der Waals surface area (Å²) < 4.78 is 0. The van der Waals surface area contributed by atoms with Gasteiger partial charge in [-0.05, 0) is 188 Å². The van der Waals surface area contributed by atoms with Crippen LogP contribution >= 0.6 is 0 Å². The van der Waals surface area contributed by atoms with Crippen LogP contribution < -0.4 is 9.80 Å². The molecule has 0 heterocycles. The third-order valence-corrected chi connectivity index (χ3v) is 17.0. The first kappa shape index (κ1) is 44.3. The number of fused-ring (bicyclic) bond motifs is 10. The summed E-state index contributed by atoms with van der Waals surface area (Å²) >= 11 is 0. The predicted octanol–water partition coefficient (Wildman–Crippen LogP) is 20.2. The minimum Gasteiger partial charge on any atom is -0.309 e. The standard InChI is InChI=1S/C74H54N2/c1-45-22-19-23-46(2)65(45)50-38-39-56-61(43-50)57-36-21-37-58-67(57)62(56)44-64-70(58)74(76(53-31-13-7-14-32-53)54-33-15-8-16-34-54)72-63-42-49-26-17-18-35-55(49)68-59(66-47(3)24-20-25-48(66)4)40-41-60(69(63)68)71(72)73(64)75(51-27-9-5-10-28-51)52-29-11-6-12-30-52/h5-44,68-69H,1-4H3. The maximum atomic E-state index is 2.59. The normalized spacial score (nSPS) is 15.3. The average molecular weight is 971 g/mol. The van der Waals surface area contributed by atoms with Crippen molar-refractivity contribution >= 4 is 78.5 Å². The van der Waals surface area contributed by atoms with Crippen molar-refractivity contribution in [3.63, 3.8) is 0 Å². The second-order valence-corrected chi connectivity index (χ2v) is 21.3. The molecule has 2 unspecified atom stereocenters. The maximum absolute atomic E-state index is 2.59. The molecule has 15 rings (SSSR count). The zero-order chi connectivity index (χ0) is 50.8. The SMILES string of the molecule is Cc1cccc(C)c1C1=CC=C2c3c(c(N(c4ccccc4)c4ccccc4)c4c(cc5c6c(cccc64)-c4cc(-c6c(C)cccc6C)ccc4-5)c3N(c3ccccc3)c3ccccc3)C3=Cc4ccccc4C1C23. The largest absolute Gasteiger partial charge is 0.309 e. The van der Waals surface area contributed by atoms with Gasteiger partial charge in [-0.1, -0.05) is 182 Å². The molecular weight excluding hydrogens is 917 g/mol. The summed E-state index contributed by atoms with van der Waals surface area (Å²) in [4.78, 5) is 5.17. The molecule has 0 amide bonds. The summed E-state index contributed by atoms with van der Waals surface area (Å²) in [6.07, 6.45) is 7.57. The van der Waals surface area contributed by atoms with Crippen molar-refractivity contribution in [2.75, 3.05) is 9.80 Å². The summed E-state index contributed by atoms with van der Waals surface area (Å²) in [7, 11) is 0. The van der Waals surface area contributed by atoms with Crippen LogP contribution in [0.3, 0.4) is 0 Å². The number of para-hydroxylation sites is 4. The van der Waals surface area contributed by atoms with Gasteiger partial charge in [0.25, 0.3) is 0 Å². The minimum absolute atomic E-state index is 0.0401. The molecule has 0 saturated heterocycles. The van der Waals surface area contributed by atoms with E-state index in [0.717, 1.165) is 22.7 Å². The molecule has 0 saturated carbocycles. The van der Waals surface area contributed by atoms with Crippen LogP contribution in [0.5, 0.6) is 0 Å². The predicted molar refractivity (Wildman–Crippen MR) is 323 cm³/mol. The van der Waals surface area contributed by atoms with Crippen molar-refractivity contribution in [3.05, 3.63) is 287 Å². The fourth-order valence-electron chi connectivity index (χ4n) is 14.0. The van der Waals surface area contributed by atoms with Gasteiger partial charge in [-0.25, -0.2) is 0 Å². The summed E-state index contributed by atoms with van der Waals surface area (Å²) in [5.41, 5.74) is 30.4. The van der Waals surface area contributed by atoms with Gasteiger partial charge in [-0.2, -0.15) is 0 Å². The Morgan fingerprint density at radius 1 is 0.316 bits per heavy atom. The van der Waals surface area contributed by atoms with Crippen LogP contribution in [0.4, 0.5) is 34.1 Å². The van der Waals surface area contributed by atoms with Crippen molar-refractivity contribution in [3.8, 4) is 33.4 Å². The highest BCUT2D eigenvalue weighted by Gasteiger charge is 2.49. The summed E-state index contributed by atoms with van der Waals surface area (Å²) in [6.45, 7) is 9.07. The number of rotatable bonds is 8. The molecule has 360 valence electrons. The Morgan fingerprint density at radius 2 is 0.816 bits per heavy atom. The number of nitrogens with zero attached hydrogens (tertiary/aromatic N) is 2. The van der Waals surface area contributed by atoms with Gasteiger partial charge in [0.1, 0.15) is 0 Å². The quantitative estimate of drug-likeness (QED) is 0.111. The van der Waals surface area contributed by atoms with Crippen LogP contribution in [0.1, 0.15) is 56.0 Å². The topological polar surface area (TPSA) is 6.48 Å². The molecule has 2 heteroatoms. The highest BCUT2D eigenvalue weighted by atomic mass is 15.2. The van der Waals surface area contributed by atoms with Crippen LogP contribution in [0.25, 0.3) is 77.7 Å². The van der Waals surface area contributed by atoms with Crippen LogP contribution in [-0.2, 0) is 0 Å². The molecular formula is C74H54N2. The summed E-state index contributed by atoms with van der Waals surface area (Å²) in [5, 5.41) is 5.00. The van der Waals surface area contributed by atoms with Gasteiger partial charge in [0.15, 0.2) is 0 Å². The Balaban J connectivity index is 1.16. The fraction of sp³-hybridized carbons (Fsp3) is 0.0811. The average Bonchev–Trinajstić information content (AvgIpc) is 4.18. The molecule has 11 aromatic carbocycles. The monoisotopic (exact) mass is 970 g/mol. The van der Waals surface area contributed by atoms with Gasteiger partial charge in [0.2, 0.25) is 0 Å². The van der Waals surface area contributed by atoms with E-state index in [0.29, 0.717) is 0 Å². The molecule has 4 aliphatic carbocycles. The Hall–Kier alpha value is -9.24. The van der Waals surface area contributed by atoms with Gasteiger partial charge in [-0.15, -0.1) is 0 Å². The van der Waals surface area contributed by atoms with E-state index in [1.165, 1.54) is 133 Å². The molecule has 0 radical (unpaired) electrons. The van der Waals surface area contributed by atoms with Crippen molar-refractivity contribution in [1.29, 1.82) is 0 Å². The van der Waals surface area contributed by atoms with E-state index in [9.17, 15) is 0 Å². The van der Waals surface area contributed by atoms with Crippen LogP contribution in [0.2, 0.25) is 0 Å². The van der Waals surface area contributed by atoms with Crippen molar-refractivity contribution in [1.82, 2.24) is 0 Å². The first-order chi connectivity index (χ1) is 37.4. The van der Waals surface area contributed by atoms with E-state index in [2.05, 4.69) is 280 Å². The number of hydrogen-bond donors (Lipinski definition) is 0. The summed E-state index contributed by atoms with van der Waals surface area (Å²) in [5.74, 6) is 0.116. The Kier molecular flexibility index (Phi) is 10.00. The van der Waals surface area contributed by atoms with Crippen LogP contribution in [0.15, 0.2) is 237 Å². The Bertz CT molecular complexity index is 4190. The number of anilines is 6. The lowest BCUT2D eigenvalue weighted by Gasteiger charge is -2.37. The van der Waals surface area contributed by atoms with Crippen molar-refractivity contribution in [2.45, 2.75) is 33.6 Å². The lowest BCUT2D eigenvalue weighted by atomic mass is 9.66. The molecule has 4 aliphatic rings. The first-order valence-corrected chi connectivity index (χ1v) is 26.8. The van der Waals surface area contributed by atoms with Gasteiger partial charge in [-0.3, -0.25) is 0 Å². The molecule has 76 heavy (non-hydrogen) atoms. The zero-order valence-electron chi connectivity index (χ0n) is 43.1. The second kappa shape index (κ2) is 17.2. The zero-order valence-corrected chi connectivity index (χ0v) is 43.1. The van der Waals surface area contributed by atoms with Crippen LogP contribution in [-0.4, -0.2) is 0 Å². The summed E-state index contributed by atoms with van der Waals surface area (Å²) in [6, 6.07) is 84.0. The van der Waals surface area contributed by atoms with Crippen LogP contribution in [0, 0.1) is 33.6 Å². The van der Waals surface area contributed by atoms with Gasteiger partial charge in [0.05, 0.1) is 11.4 Å². The maximum Gasteiger partial charge on any atom is 0.0629 e. The number of aryl methyl sites for hydroxylation is 4. The first-order valence-electron chi connectivity index (χ1n) is 26.8. The molecule has 11 aromatic rings. The molecule has 0 aliphatic heterocycles. The van der Waals surface area contributed by atoms with Gasteiger partial charge >= 0.3 is 0 Å². The Labute approximate surface area is 445 Å². The van der Waals surface area contributed by atoms with E-state index in [1.807, 2.05) is 0 Å². The van der Waals surface area contributed by atoms with E-state index < -0.39 is 0 Å². The molecule has 0 bridgehead atoms. The number of hydrogen-bond acceptors (Lipinski definition) is 2. The van der Waals surface area contributed by atoms with E-state index in [1.54, 1.807) is 0 Å². The van der Waals surface area contributed by atoms with E-state index in [4.69, 9.17) is 0 Å². The molecule has 0 aromatic heterocycles. The van der Waals surface area contributed by atoms with Gasteiger partial charge < -0.3 is 9.80 Å². The highest BCUT2D eigenvalue weighted by molar-refractivity contribution is 6.32. The molecule has 0 fully saturated rings. The lowest BCUT2D eigenvalue weighted by Crippen LogP contribution is -2.21. The number of allylic oxidation sites excluding steroid dienone is 5. The smallest absolute Gasteiger partial charge is 0.0629 e. The van der Waals surface area contributed by atoms with E-state index in [-0.39, 0.29) is 11.8 Å². The fourth-order valence-corrected chi connectivity index (χ4v) is 14.0. The Morgan fingerprint density at radius 3 is 1.41 bits per heavy atom. The molecule has 2 nitrogen and oxygen atoms in total. The van der Waals surface area contributed by atoms with E-state index >= 15 is 0 Å². The minimum atomic E-state index is 0.0401. The van der Waals surface area contributed by atoms with Crippen molar-refractivity contribution < 1.29 is 0 Å². The molecule has 0 N–H and O–H groups in total. The third kappa shape index (κ3) is 6.47. The third-order valence-electron chi connectivity index (χ3n) is 17.0. The molecule has 0 spiro atoms. The second-order valence-electron chi connectivity index (χ2n) is 21.3. The van der Waals surface area contributed by atoms with Gasteiger partial charge in [0, 0.05) is 56.5 Å². The lowest BCUT2D eigenvalue weighted by molar-refractivity contribution is 0.754. The molecule has 2 atom stereocenters. The number of benzene rings is 11. The van der Waals surface area contributed by atoms with Crippen molar-refractivity contribution in [2.24, 2.45) is 5.92 Å². The highest BCUT2D eigenvalue weighted by Crippen LogP contribution is 2.68.